The van der Waals surface area contributed by atoms with E-state index in [1.807, 2.05) is 0 Å². The van der Waals surface area contributed by atoms with Gasteiger partial charge in [0.15, 0.2) is 0 Å². The van der Waals surface area contributed by atoms with Crippen LogP contribution in [0.3, 0.4) is 0 Å². The molecule has 0 aliphatic heterocycles. The summed E-state index contributed by atoms with van der Waals surface area (Å²) in [4.78, 5) is 22.4. The highest BCUT2D eigenvalue weighted by atomic mass is 16.5. The van der Waals surface area contributed by atoms with Crippen LogP contribution in [0.4, 0.5) is 4.79 Å². The average Bonchev–Trinajstić information content (AvgIpc) is 2.88. The molecule has 0 unspecified atom stereocenters. The van der Waals surface area contributed by atoms with E-state index in [2.05, 4.69) is 0 Å². The SMILES string of the molecule is NC(=O)n1cccc1C(=O)OCC1CC1. The van der Waals surface area contributed by atoms with Crippen molar-refractivity contribution in [1.82, 2.24) is 4.57 Å². The molecule has 0 bridgehead atoms. The van der Waals surface area contributed by atoms with E-state index < -0.39 is 12.0 Å². The Morgan fingerprint density at radius 3 is 2.87 bits per heavy atom. The lowest BCUT2D eigenvalue weighted by Crippen LogP contribution is -2.23. The van der Waals surface area contributed by atoms with Gasteiger partial charge in [0.1, 0.15) is 5.69 Å². The Hall–Kier alpha value is -1.78. The zero-order valence-electron chi connectivity index (χ0n) is 8.18. The lowest BCUT2D eigenvalue weighted by Gasteiger charge is -2.05. The number of nitrogens with zero attached hydrogens (tertiary/aromatic N) is 1. The second-order valence-corrected chi connectivity index (χ2v) is 3.64. The van der Waals surface area contributed by atoms with Gasteiger partial charge in [0.2, 0.25) is 0 Å². The predicted molar refractivity (Wildman–Crippen MR) is 52.4 cm³/mol. The number of carbonyl (C=O) groups excluding carboxylic acids is 2. The predicted octanol–water partition coefficient (Wildman–Crippen LogP) is 0.982. The molecule has 0 spiro atoms. The van der Waals surface area contributed by atoms with Crippen molar-refractivity contribution in [1.29, 1.82) is 0 Å². The zero-order valence-corrected chi connectivity index (χ0v) is 8.18. The van der Waals surface area contributed by atoms with Crippen LogP contribution in [0.1, 0.15) is 23.3 Å². The van der Waals surface area contributed by atoms with Gasteiger partial charge in [0.05, 0.1) is 6.61 Å². The van der Waals surface area contributed by atoms with Crippen molar-refractivity contribution in [3.05, 3.63) is 24.0 Å². The summed E-state index contributed by atoms with van der Waals surface area (Å²) >= 11 is 0. The molecular weight excluding hydrogens is 196 g/mol. The number of ether oxygens (including phenoxy) is 1. The van der Waals surface area contributed by atoms with E-state index in [0.29, 0.717) is 12.5 Å². The maximum Gasteiger partial charge on any atom is 0.355 e. The molecule has 0 saturated heterocycles. The number of nitrogens with two attached hydrogens (primary N) is 1. The number of carbonyl (C=O) groups is 2. The van der Waals surface area contributed by atoms with Gasteiger partial charge < -0.3 is 10.5 Å². The van der Waals surface area contributed by atoms with Gasteiger partial charge in [-0.15, -0.1) is 0 Å². The van der Waals surface area contributed by atoms with E-state index in [4.69, 9.17) is 10.5 Å². The van der Waals surface area contributed by atoms with Gasteiger partial charge in [-0.1, -0.05) is 0 Å². The molecule has 2 rings (SSSR count). The highest BCUT2D eigenvalue weighted by Crippen LogP contribution is 2.29. The van der Waals surface area contributed by atoms with Crippen molar-refractivity contribution in [3.63, 3.8) is 0 Å². The van der Waals surface area contributed by atoms with Gasteiger partial charge in [-0.05, 0) is 30.9 Å². The minimum atomic E-state index is -0.682. The molecule has 0 atom stereocenters. The van der Waals surface area contributed by atoms with Crippen molar-refractivity contribution >= 4 is 12.0 Å². The largest absolute Gasteiger partial charge is 0.461 e. The monoisotopic (exact) mass is 208 g/mol. The quantitative estimate of drug-likeness (QED) is 0.752. The van der Waals surface area contributed by atoms with Crippen molar-refractivity contribution in [2.75, 3.05) is 6.61 Å². The first-order valence-corrected chi connectivity index (χ1v) is 4.83. The summed E-state index contributed by atoms with van der Waals surface area (Å²) in [6, 6.07) is 2.41. The molecule has 1 aliphatic carbocycles. The van der Waals surface area contributed by atoms with Gasteiger partial charge in [0.25, 0.3) is 0 Å². The topological polar surface area (TPSA) is 74.3 Å². The molecular formula is C10H12N2O3. The van der Waals surface area contributed by atoms with Crippen LogP contribution in [-0.4, -0.2) is 23.2 Å². The van der Waals surface area contributed by atoms with Crippen LogP contribution in [0.25, 0.3) is 0 Å². The molecule has 5 nitrogen and oxygen atoms in total. The van der Waals surface area contributed by atoms with Crippen LogP contribution in [0, 0.1) is 5.92 Å². The van der Waals surface area contributed by atoms with E-state index in [1.54, 1.807) is 6.07 Å². The Bertz CT molecular complexity index is 393. The minimum Gasteiger partial charge on any atom is -0.461 e. The molecule has 15 heavy (non-hydrogen) atoms. The molecule has 1 fully saturated rings. The molecule has 1 aromatic heterocycles. The van der Waals surface area contributed by atoms with Gasteiger partial charge >= 0.3 is 12.0 Å². The highest BCUT2D eigenvalue weighted by molar-refractivity contribution is 5.92. The zero-order chi connectivity index (χ0) is 10.8. The summed E-state index contributed by atoms with van der Waals surface area (Å²) in [7, 11) is 0. The number of aromatic nitrogens is 1. The number of primary amides is 1. The summed E-state index contributed by atoms with van der Waals surface area (Å²) < 4.78 is 6.11. The minimum absolute atomic E-state index is 0.183. The molecule has 1 aliphatic rings. The van der Waals surface area contributed by atoms with Gasteiger partial charge in [-0.2, -0.15) is 0 Å². The number of hydrogen-bond donors (Lipinski definition) is 1. The van der Waals surface area contributed by atoms with Gasteiger partial charge in [0, 0.05) is 6.20 Å². The van der Waals surface area contributed by atoms with E-state index in [0.717, 1.165) is 17.4 Å². The molecule has 0 radical (unpaired) electrons. The number of hydrogen-bond acceptors (Lipinski definition) is 3. The summed E-state index contributed by atoms with van der Waals surface area (Å²) in [6.07, 6.45) is 3.67. The van der Waals surface area contributed by atoms with Crippen molar-refractivity contribution < 1.29 is 14.3 Å². The van der Waals surface area contributed by atoms with Crippen LogP contribution in [-0.2, 0) is 4.74 Å². The van der Waals surface area contributed by atoms with E-state index in [9.17, 15) is 9.59 Å². The molecule has 80 valence electrons. The fraction of sp³-hybridized carbons (Fsp3) is 0.400. The lowest BCUT2D eigenvalue weighted by atomic mass is 10.4. The maximum atomic E-state index is 11.5. The Balaban J connectivity index is 2.03. The Kier molecular flexibility index (Phi) is 2.45. The number of rotatable bonds is 3. The smallest absolute Gasteiger partial charge is 0.355 e. The molecule has 5 heteroatoms. The van der Waals surface area contributed by atoms with Crippen molar-refractivity contribution in [3.8, 4) is 0 Å². The van der Waals surface area contributed by atoms with Crippen molar-refractivity contribution in [2.45, 2.75) is 12.8 Å². The first-order valence-electron chi connectivity index (χ1n) is 4.83. The van der Waals surface area contributed by atoms with Crippen molar-refractivity contribution in [2.24, 2.45) is 11.7 Å². The number of esters is 1. The van der Waals surface area contributed by atoms with Gasteiger partial charge in [-0.25, -0.2) is 9.59 Å². The van der Waals surface area contributed by atoms with Crippen LogP contribution in [0.5, 0.6) is 0 Å². The highest BCUT2D eigenvalue weighted by Gasteiger charge is 2.24. The first kappa shape index (κ1) is 9.76. The van der Waals surface area contributed by atoms with E-state index in [1.165, 1.54) is 12.3 Å². The fourth-order valence-corrected chi connectivity index (χ4v) is 1.29. The Morgan fingerprint density at radius 2 is 2.27 bits per heavy atom. The van der Waals surface area contributed by atoms with Crippen LogP contribution in [0.15, 0.2) is 18.3 Å². The summed E-state index contributed by atoms with van der Waals surface area (Å²) in [6.45, 7) is 0.433. The maximum absolute atomic E-state index is 11.5. The Labute approximate surface area is 86.8 Å². The molecule has 1 aromatic rings. The third-order valence-electron chi connectivity index (χ3n) is 2.34. The van der Waals surface area contributed by atoms with Crippen LogP contribution < -0.4 is 5.73 Å². The average molecular weight is 208 g/mol. The third kappa shape index (κ3) is 2.18. The van der Waals surface area contributed by atoms with Gasteiger partial charge in [-0.3, -0.25) is 4.57 Å². The Morgan fingerprint density at radius 1 is 1.53 bits per heavy atom. The van der Waals surface area contributed by atoms with E-state index >= 15 is 0 Å². The molecule has 0 aromatic carbocycles. The normalized spacial score (nSPS) is 14.9. The molecule has 1 heterocycles. The summed E-state index contributed by atoms with van der Waals surface area (Å²) in [5.74, 6) is 0.0108. The van der Waals surface area contributed by atoms with Crippen LogP contribution >= 0.6 is 0 Å². The molecule has 1 saturated carbocycles. The standard InChI is InChI=1S/C10H12N2O3/c11-10(14)12-5-1-2-8(12)9(13)15-6-7-3-4-7/h1-2,5,7H,3-4,6H2,(H2,11,14). The summed E-state index contributed by atoms with van der Waals surface area (Å²) in [5, 5.41) is 0. The molecule has 2 N–H and O–H groups in total. The first-order chi connectivity index (χ1) is 7.18. The number of amides is 1. The lowest BCUT2D eigenvalue weighted by molar-refractivity contribution is 0.0476. The third-order valence-corrected chi connectivity index (χ3v) is 2.34. The fourth-order valence-electron chi connectivity index (χ4n) is 1.29. The second kappa shape index (κ2) is 3.76. The summed E-state index contributed by atoms with van der Waals surface area (Å²) in [5.41, 5.74) is 5.26. The van der Waals surface area contributed by atoms with E-state index in [-0.39, 0.29) is 5.69 Å². The van der Waals surface area contributed by atoms with Crippen LogP contribution in [0.2, 0.25) is 0 Å². The second-order valence-electron chi connectivity index (χ2n) is 3.64. The molecule has 1 amide bonds.